The van der Waals surface area contributed by atoms with Gasteiger partial charge in [-0.1, -0.05) is 6.07 Å². The van der Waals surface area contributed by atoms with Gasteiger partial charge in [0.2, 0.25) is 5.95 Å². The van der Waals surface area contributed by atoms with Crippen LogP contribution in [0.2, 0.25) is 0 Å². The number of fused-ring (bicyclic) bond motifs is 1. The number of anilines is 3. The standard InChI is InChI=1S/C21H21FN8S/c22-16-2-1-3-17(8-16)28-6-7-30(19(31)13-28)20-14(9-23)10-24-21(26-20)29-5-4-18-15(12-29)11-25-27-18/h1-3,8,10-11,19,31H,4-7,12-13H2,(H,25,27). The molecule has 1 saturated heterocycles. The van der Waals surface area contributed by atoms with Crippen molar-refractivity contribution in [2.75, 3.05) is 40.9 Å². The first kappa shape index (κ1) is 19.6. The zero-order chi connectivity index (χ0) is 21.4. The Balaban J connectivity index is 1.38. The molecule has 0 bridgehead atoms. The van der Waals surface area contributed by atoms with Crippen molar-refractivity contribution in [2.24, 2.45) is 0 Å². The van der Waals surface area contributed by atoms with Crippen LogP contribution in [0.3, 0.4) is 0 Å². The number of H-pyrrole nitrogens is 1. The summed E-state index contributed by atoms with van der Waals surface area (Å²) >= 11 is 4.77. The summed E-state index contributed by atoms with van der Waals surface area (Å²) in [7, 11) is 0. The van der Waals surface area contributed by atoms with Crippen molar-refractivity contribution in [3.63, 3.8) is 0 Å². The Hall–Kier alpha value is -3.32. The number of thiol groups is 1. The van der Waals surface area contributed by atoms with Gasteiger partial charge in [-0.05, 0) is 18.2 Å². The van der Waals surface area contributed by atoms with Crippen LogP contribution in [0.4, 0.5) is 21.8 Å². The number of nitrogens with zero attached hydrogens (tertiary/aromatic N) is 7. The first-order valence-corrected chi connectivity index (χ1v) is 10.6. The van der Waals surface area contributed by atoms with E-state index >= 15 is 0 Å². The van der Waals surface area contributed by atoms with Crippen LogP contribution in [0, 0.1) is 17.1 Å². The highest BCUT2D eigenvalue weighted by Crippen LogP contribution is 2.29. The van der Waals surface area contributed by atoms with Gasteiger partial charge in [-0.3, -0.25) is 5.10 Å². The van der Waals surface area contributed by atoms with Crippen LogP contribution in [0.1, 0.15) is 16.8 Å². The van der Waals surface area contributed by atoms with Gasteiger partial charge in [0, 0.05) is 56.1 Å². The Kier molecular flexibility index (Phi) is 5.11. The number of rotatable bonds is 3. The SMILES string of the molecule is N#Cc1cnc(N2CCc3[nH]ncc3C2)nc1N1CCN(c2cccc(F)c2)CC1S. The van der Waals surface area contributed by atoms with Crippen LogP contribution in [-0.2, 0) is 13.0 Å². The molecule has 0 amide bonds. The van der Waals surface area contributed by atoms with Crippen molar-refractivity contribution >= 4 is 30.1 Å². The van der Waals surface area contributed by atoms with Crippen LogP contribution in [0.25, 0.3) is 0 Å². The van der Waals surface area contributed by atoms with Gasteiger partial charge in [-0.15, -0.1) is 0 Å². The lowest BCUT2D eigenvalue weighted by Gasteiger charge is -2.41. The molecule has 31 heavy (non-hydrogen) atoms. The number of benzene rings is 1. The number of nitriles is 1. The van der Waals surface area contributed by atoms with Crippen LogP contribution < -0.4 is 14.7 Å². The molecule has 5 rings (SSSR count). The van der Waals surface area contributed by atoms with E-state index in [0.29, 0.717) is 43.5 Å². The van der Waals surface area contributed by atoms with E-state index in [0.717, 1.165) is 29.9 Å². The molecule has 1 fully saturated rings. The van der Waals surface area contributed by atoms with Gasteiger partial charge in [0.1, 0.15) is 17.4 Å². The lowest BCUT2D eigenvalue weighted by molar-refractivity contribution is 0.607. The first-order valence-electron chi connectivity index (χ1n) is 10.1. The van der Waals surface area contributed by atoms with Crippen molar-refractivity contribution in [3.8, 4) is 6.07 Å². The van der Waals surface area contributed by atoms with Gasteiger partial charge in [-0.25, -0.2) is 9.37 Å². The van der Waals surface area contributed by atoms with E-state index < -0.39 is 0 Å². The number of halogens is 1. The predicted octanol–water partition coefficient (Wildman–Crippen LogP) is 2.36. The average Bonchev–Trinajstić information content (AvgIpc) is 3.26. The Morgan fingerprint density at radius 1 is 1.19 bits per heavy atom. The highest BCUT2D eigenvalue weighted by molar-refractivity contribution is 7.81. The van der Waals surface area contributed by atoms with E-state index in [-0.39, 0.29) is 11.2 Å². The lowest BCUT2D eigenvalue weighted by Crippen LogP contribution is -2.51. The number of aromatic amines is 1. The molecule has 1 N–H and O–H groups in total. The van der Waals surface area contributed by atoms with Crippen molar-refractivity contribution in [3.05, 3.63) is 59.3 Å². The molecule has 158 valence electrons. The molecule has 2 aromatic heterocycles. The quantitative estimate of drug-likeness (QED) is 0.610. The molecule has 0 radical (unpaired) electrons. The molecule has 0 spiro atoms. The zero-order valence-electron chi connectivity index (χ0n) is 16.7. The highest BCUT2D eigenvalue weighted by Gasteiger charge is 2.29. The van der Waals surface area contributed by atoms with Crippen molar-refractivity contribution in [2.45, 2.75) is 18.3 Å². The number of hydrogen-bond acceptors (Lipinski definition) is 8. The summed E-state index contributed by atoms with van der Waals surface area (Å²) in [6.07, 6.45) is 4.26. The fourth-order valence-electron chi connectivity index (χ4n) is 4.13. The van der Waals surface area contributed by atoms with E-state index in [1.165, 1.54) is 12.1 Å². The number of hydrogen-bond donors (Lipinski definition) is 2. The molecular formula is C21H21FN8S. The smallest absolute Gasteiger partial charge is 0.227 e. The second-order valence-corrected chi connectivity index (χ2v) is 8.26. The highest BCUT2D eigenvalue weighted by atomic mass is 32.1. The monoisotopic (exact) mass is 436 g/mol. The molecule has 10 heteroatoms. The maximum Gasteiger partial charge on any atom is 0.227 e. The minimum absolute atomic E-state index is 0.200. The Morgan fingerprint density at radius 3 is 2.90 bits per heavy atom. The third kappa shape index (κ3) is 3.77. The van der Waals surface area contributed by atoms with Crippen LogP contribution in [0.15, 0.2) is 36.7 Å². The van der Waals surface area contributed by atoms with E-state index in [1.807, 2.05) is 17.2 Å². The predicted molar refractivity (Wildman–Crippen MR) is 119 cm³/mol. The summed E-state index contributed by atoms with van der Waals surface area (Å²) in [4.78, 5) is 15.4. The van der Waals surface area contributed by atoms with Crippen molar-refractivity contribution < 1.29 is 4.39 Å². The topological polar surface area (TPSA) is 88.0 Å². The molecule has 8 nitrogen and oxygen atoms in total. The summed E-state index contributed by atoms with van der Waals surface area (Å²) < 4.78 is 13.6. The van der Waals surface area contributed by atoms with Gasteiger partial charge in [0.05, 0.1) is 17.8 Å². The summed E-state index contributed by atoms with van der Waals surface area (Å²) in [6.45, 7) is 3.32. The second kappa shape index (κ2) is 8.07. The largest absolute Gasteiger partial charge is 0.367 e. The first-order chi connectivity index (χ1) is 15.1. The van der Waals surface area contributed by atoms with Crippen molar-refractivity contribution in [1.82, 2.24) is 20.2 Å². The summed E-state index contributed by atoms with van der Waals surface area (Å²) in [5.41, 5.74) is 3.53. The molecule has 2 aliphatic rings. The third-order valence-corrected chi connectivity index (χ3v) is 6.20. The van der Waals surface area contributed by atoms with Gasteiger partial charge in [-0.2, -0.15) is 28.0 Å². The fourth-order valence-corrected chi connectivity index (χ4v) is 4.55. The summed E-state index contributed by atoms with van der Waals surface area (Å²) in [5, 5.41) is 16.6. The molecular weight excluding hydrogens is 415 g/mol. The molecule has 1 aromatic carbocycles. The van der Waals surface area contributed by atoms with Crippen LogP contribution >= 0.6 is 12.6 Å². The molecule has 1 atom stereocenters. The van der Waals surface area contributed by atoms with E-state index in [2.05, 4.69) is 31.1 Å². The lowest BCUT2D eigenvalue weighted by atomic mass is 10.1. The molecule has 3 aromatic rings. The molecule has 1 unspecified atom stereocenters. The molecule has 0 aliphatic carbocycles. The van der Waals surface area contributed by atoms with Gasteiger partial charge in [0.25, 0.3) is 0 Å². The van der Waals surface area contributed by atoms with Gasteiger partial charge in [0.15, 0.2) is 5.82 Å². The van der Waals surface area contributed by atoms with E-state index in [9.17, 15) is 9.65 Å². The normalized spacial score (nSPS) is 18.6. The fraction of sp³-hybridized carbons (Fsp3) is 0.333. The van der Waals surface area contributed by atoms with Crippen LogP contribution in [0.5, 0.6) is 0 Å². The number of nitrogens with one attached hydrogen (secondary N) is 1. The van der Waals surface area contributed by atoms with Crippen molar-refractivity contribution in [1.29, 1.82) is 5.26 Å². The third-order valence-electron chi connectivity index (χ3n) is 5.76. The molecule has 4 heterocycles. The van der Waals surface area contributed by atoms with Gasteiger partial charge >= 0.3 is 0 Å². The second-order valence-electron chi connectivity index (χ2n) is 7.66. The minimum Gasteiger partial charge on any atom is -0.367 e. The summed E-state index contributed by atoms with van der Waals surface area (Å²) in [5.74, 6) is 0.920. The molecule has 0 saturated carbocycles. The maximum atomic E-state index is 13.6. The Labute approximate surface area is 184 Å². The summed E-state index contributed by atoms with van der Waals surface area (Å²) in [6, 6.07) is 8.77. The maximum absolute atomic E-state index is 13.6. The van der Waals surface area contributed by atoms with E-state index in [1.54, 1.807) is 12.3 Å². The van der Waals surface area contributed by atoms with Crippen LogP contribution in [-0.4, -0.2) is 51.7 Å². The minimum atomic E-state index is -0.259. The number of piperazine rings is 1. The average molecular weight is 437 g/mol. The van der Waals surface area contributed by atoms with E-state index in [4.69, 9.17) is 17.6 Å². The Bertz CT molecular complexity index is 1140. The zero-order valence-corrected chi connectivity index (χ0v) is 17.6. The Morgan fingerprint density at radius 2 is 2.10 bits per heavy atom. The number of aromatic nitrogens is 4. The molecule has 2 aliphatic heterocycles. The van der Waals surface area contributed by atoms with Gasteiger partial charge < -0.3 is 14.7 Å².